The van der Waals surface area contributed by atoms with Gasteiger partial charge in [-0.05, 0) is 62.4 Å². The van der Waals surface area contributed by atoms with Gasteiger partial charge in [0.15, 0.2) is 0 Å². The minimum absolute atomic E-state index is 0.0688. The van der Waals surface area contributed by atoms with Crippen molar-refractivity contribution in [3.8, 4) is 5.69 Å². The summed E-state index contributed by atoms with van der Waals surface area (Å²) in [6.45, 7) is 6.81. The lowest BCUT2D eigenvalue weighted by molar-refractivity contribution is 0.0746. The second kappa shape index (κ2) is 9.39. The highest BCUT2D eigenvalue weighted by molar-refractivity contribution is 5.94. The number of aromatic nitrogens is 3. The quantitative estimate of drug-likeness (QED) is 0.480. The van der Waals surface area contributed by atoms with Crippen molar-refractivity contribution in [3.05, 3.63) is 95.9 Å². The SMILES string of the molecule is Cc1ccc(Nc2nc(C)cc(N3CCN(C(=O)c4ccc(-n5cccc5)cc4)CC3)n2)cc1. The van der Waals surface area contributed by atoms with E-state index in [-0.39, 0.29) is 5.91 Å². The second-order valence-corrected chi connectivity index (χ2v) is 8.60. The Morgan fingerprint density at radius 2 is 1.53 bits per heavy atom. The summed E-state index contributed by atoms with van der Waals surface area (Å²) >= 11 is 0. The van der Waals surface area contributed by atoms with Crippen LogP contribution in [0.25, 0.3) is 5.69 Å². The Morgan fingerprint density at radius 1 is 0.853 bits per heavy atom. The standard InChI is InChI=1S/C27H28N6O/c1-20-5-9-23(10-6-20)29-27-28-21(2)19-25(30-27)32-15-17-33(18-16-32)26(34)22-7-11-24(12-8-22)31-13-3-4-14-31/h3-14,19H,15-18H2,1-2H3,(H,28,29,30). The van der Waals surface area contributed by atoms with Gasteiger partial charge < -0.3 is 19.7 Å². The maximum atomic E-state index is 13.0. The molecule has 0 atom stereocenters. The van der Waals surface area contributed by atoms with Gasteiger partial charge in [0.1, 0.15) is 5.82 Å². The van der Waals surface area contributed by atoms with Crippen LogP contribution in [0.15, 0.2) is 79.1 Å². The molecule has 1 saturated heterocycles. The number of benzene rings is 2. The van der Waals surface area contributed by atoms with E-state index >= 15 is 0 Å². The molecular weight excluding hydrogens is 424 g/mol. The zero-order valence-corrected chi connectivity index (χ0v) is 19.5. The van der Waals surface area contributed by atoms with E-state index in [1.54, 1.807) is 0 Å². The second-order valence-electron chi connectivity index (χ2n) is 8.60. The number of rotatable bonds is 5. The van der Waals surface area contributed by atoms with Crippen LogP contribution in [-0.4, -0.2) is 51.5 Å². The maximum Gasteiger partial charge on any atom is 0.253 e. The van der Waals surface area contributed by atoms with E-state index in [1.165, 1.54) is 5.56 Å². The molecule has 7 nitrogen and oxygen atoms in total. The molecule has 7 heteroatoms. The minimum Gasteiger partial charge on any atom is -0.353 e. The van der Waals surface area contributed by atoms with Crippen LogP contribution in [-0.2, 0) is 0 Å². The zero-order chi connectivity index (χ0) is 23.5. The van der Waals surface area contributed by atoms with Gasteiger partial charge in [-0.15, -0.1) is 0 Å². The molecule has 4 aromatic rings. The van der Waals surface area contributed by atoms with E-state index in [0.29, 0.717) is 24.6 Å². The Labute approximate surface area is 199 Å². The summed E-state index contributed by atoms with van der Waals surface area (Å²) in [7, 11) is 0. The predicted molar refractivity (Wildman–Crippen MR) is 135 cm³/mol. The zero-order valence-electron chi connectivity index (χ0n) is 19.5. The van der Waals surface area contributed by atoms with Crippen LogP contribution in [0.5, 0.6) is 0 Å². The molecule has 1 N–H and O–H groups in total. The lowest BCUT2D eigenvalue weighted by Crippen LogP contribution is -2.49. The van der Waals surface area contributed by atoms with Crippen LogP contribution >= 0.6 is 0 Å². The molecule has 0 radical (unpaired) electrons. The number of anilines is 3. The molecule has 5 rings (SSSR count). The van der Waals surface area contributed by atoms with E-state index in [9.17, 15) is 4.79 Å². The molecule has 0 bridgehead atoms. The number of piperazine rings is 1. The molecule has 34 heavy (non-hydrogen) atoms. The van der Waals surface area contributed by atoms with Gasteiger partial charge in [0.2, 0.25) is 5.95 Å². The third kappa shape index (κ3) is 4.78. The summed E-state index contributed by atoms with van der Waals surface area (Å²) in [5.74, 6) is 1.53. The highest BCUT2D eigenvalue weighted by Crippen LogP contribution is 2.21. The van der Waals surface area contributed by atoms with Crippen molar-refractivity contribution in [1.29, 1.82) is 0 Å². The monoisotopic (exact) mass is 452 g/mol. The van der Waals surface area contributed by atoms with E-state index < -0.39 is 0 Å². The van der Waals surface area contributed by atoms with Crippen molar-refractivity contribution in [2.75, 3.05) is 36.4 Å². The smallest absolute Gasteiger partial charge is 0.253 e. The van der Waals surface area contributed by atoms with Crippen LogP contribution < -0.4 is 10.2 Å². The first-order chi connectivity index (χ1) is 16.5. The first kappa shape index (κ1) is 21.7. The van der Waals surface area contributed by atoms with Crippen molar-refractivity contribution < 1.29 is 4.79 Å². The van der Waals surface area contributed by atoms with Crippen molar-refractivity contribution in [2.45, 2.75) is 13.8 Å². The summed E-state index contributed by atoms with van der Waals surface area (Å²) in [6, 6.07) is 21.9. The number of aryl methyl sites for hydroxylation is 2. The van der Waals surface area contributed by atoms with Crippen LogP contribution in [0.1, 0.15) is 21.6 Å². The summed E-state index contributed by atoms with van der Waals surface area (Å²) < 4.78 is 2.03. The van der Waals surface area contributed by atoms with Gasteiger partial charge in [0.25, 0.3) is 5.91 Å². The van der Waals surface area contributed by atoms with Gasteiger partial charge in [-0.2, -0.15) is 4.98 Å². The predicted octanol–water partition coefficient (Wildman–Crippen LogP) is 4.59. The van der Waals surface area contributed by atoms with Crippen LogP contribution in [0.3, 0.4) is 0 Å². The molecule has 0 aliphatic carbocycles. The molecule has 1 amide bonds. The van der Waals surface area contributed by atoms with Gasteiger partial charge in [0.05, 0.1) is 0 Å². The number of nitrogens with zero attached hydrogens (tertiary/aromatic N) is 5. The van der Waals surface area contributed by atoms with Gasteiger partial charge in [0, 0.05) is 67.3 Å². The Balaban J connectivity index is 1.23. The van der Waals surface area contributed by atoms with E-state index in [1.807, 2.05) is 83.4 Å². The first-order valence-electron chi connectivity index (χ1n) is 11.5. The van der Waals surface area contributed by atoms with Gasteiger partial charge >= 0.3 is 0 Å². The van der Waals surface area contributed by atoms with Crippen LogP contribution in [0.2, 0.25) is 0 Å². The average Bonchev–Trinajstić information content (AvgIpc) is 3.40. The highest BCUT2D eigenvalue weighted by atomic mass is 16.2. The van der Waals surface area contributed by atoms with Gasteiger partial charge in [-0.3, -0.25) is 4.79 Å². The fraction of sp³-hybridized carbons (Fsp3) is 0.222. The number of carbonyl (C=O) groups excluding carboxylic acids is 1. The summed E-state index contributed by atoms with van der Waals surface area (Å²) in [5, 5.41) is 3.30. The molecule has 1 aliphatic rings. The average molecular weight is 453 g/mol. The summed E-state index contributed by atoms with van der Waals surface area (Å²) in [6.07, 6.45) is 3.99. The summed E-state index contributed by atoms with van der Waals surface area (Å²) in [4.78, 5) is 26.4. The number of hydrogen-bond donors (Lipinski definition) is 1. The fourth-order valence-corrected chi connectivity index (χ4v) is 4.14. The lowest BCUT2D eigenvalue weighted by Gasteiger charge is -2.35. The Morgan fingerprint density at radius 3 is 2.21 bits per heavy atom. The number of amides is 1. The third-order valence-electron chi connectivity index (χ3n) is 6.06. The molecular formula is C27H28N6O. The Bertz CT molecular complexity index is 1260. The maximum absolute atomic E-state index is 13.0. The lowest BCUT2D eigenvalue weighted by atomic mass is 10.1. The molecule has 3 heterocycles. The largest absolute Gasteiger partial charge is 0.353 e. The molecule has 1 aliphatic heterocycles. The summed E-state index contributed by atoms with van der Waals surface area (Å²) in [5.41, 5.74) is 4.83. The van der Waals surface area contributed by atoms with Gasteiger partial charge in [-0.25, -0.2) is 4.98 Å². The van der Waals surface area contributed by atoms with E-state index in [4.69, 9.17) is 4.98 Å². The number of nitrogens with one attached hydrogen (secondary N) is 1. The molecule has 0 saturated carbocycles. The highest BCUT2D eigenvalue weighted by Gasteiger charge is 2.23. The Kier molecular flexibility index (Phi) is 5.99. The topological polar surface area (TPSA) is 66.3 Å². The first-order valence-corrected chi connectivity index (χ1v) is 11.5. The normalized spacial score (nSPS) is 13.7. The van der Waals surface area contributed by atoms with Gasteiger partial charge in [-0.1, -0.05) is 17.7 Å². The van der Waals surface area contributed by atoms with Crippen LogP contribution in [0, 0.1) is 13.8 Å². The molecule has 172 valence electrons. The molecule has 1 fully saturated rings. The number of carbonyl (C=O) groups is 1. The van der Waals surface area contributed by atoms with E-state index in [0.717, 1.165) is 36.0 Å². The van der Waals surface area contributed by atoms with Crippen molar-refractivity contribution in [3.63, 3.8) is 0 Å². The molecule has 0 spiro atoms. The van der Waals surface area contributed by atoms with Crippen molar-refractivity contribution >= 4 is 23.4 Å². The molecule has 0 unspecified atom stereocenters. The van der Waals surface area contributed by atoms with Crippen LogP contribution in [0.4, 0.5) is 17.5 Å². The minimum atomic E-state index is 0.0688. The molecule has 2 aromatic heterocycles. The van der Waals surface area contributed by atoms with E-state index in [2.05, 4.69) is 34.3 Å². The van der Waals surface area contributed by atoms with Crippen molar-refractivity contribution in [2.24, 2.45) is 0 Å². The van der Waals surface area contributed by atoms with Crippen molar-refractivity contribution in [1.82, 2.24) is 19.4 Å². The number of hydrogen-bond acceptors (Lipinski definition) is 5. The fourth-order valence-electron chi connectivity index (χ4n) is 4.14. The molecule has 2 aromatic carbocycles. The third-order valence-corrected chi connectivity index (χ3v) is 6.06. The Hall–Kier alpha value is -4.13.